The van der Waals surface area contributed by atoms with Gasteiger partial charge in [-0.25, -0.2) is 0 Å². The monoisotopic (exact) mass is 373 g/mol. The van der Waals surface area contributed by atoms with Crippen LogP contribution in [0.1, 0.15) is 43.0 Å². The number of carbonyl (C=O) groups excluding carboxylic acids is 1. The van der Waals surface area contributed by atoms with Crippen molar-refractivity contribution in [2.24, 2.45) is 5.41 Å². The summed E-state index contributed by atoms with van der Waals surface area (Å²) in [5.41, 5.74) is 0.983. The van der Waals surface area contributed by atoms with E-state index in [1.165, 1.54) is 25.7 Å². The Morgan fingerprint density at radius 1 is 1.22 bits per heavy atom. The van der Waals surface area contributed by atoms with Crippen molar-refractivity contribution in [3.05, 3.63) is 32.7 Å². The number of halogens is 2. The third-order valence-electron chi connectivity index (χ3n) is 3.61. The summed E-state index contributed by atoms with van der Waals surface area (Å²) in [6, 6.07) is 5.61. The second-order valence-corrected chi connectivity index (χ2v) is 7.19. The molecular formula is C14H17Br2NO. The van der Waals surface area contributed by atoms with Crippen molar-refractivity contribution in [2.45, 2.75) is 32.6 Å². The van der Waals surface area contributed by atoms with E-state index in [0.717, 1.165) is 15.5 Å². The molecule has 0 aliphatic heterocycles. The van der Waals surface area contributed by atoms with Crippen LogP contribution in [-0.4, -0.2) is 12.5 Å². The van der Waals surface area contributed by atoms with Crippen LogP contribution in [0.2, 0.25) is 0 Å². The molecule has 2 rings (SSSR count). The molecule has 0 aromatic heterocycles. The van der Waals surface area contributed by atoms with E-state index in [-0.39, 0.29) is 5.91 Å². The average molecular weight is 375 g/mol. The van der Waals surface area contributed by atoms with Gasteiger partial charge in [-0.05, 0) is 36.5 Å². The van der Waals surface area contributed by atoms with E-state index in [9.17, 15) is 4.79 Å². The SMILES string of the molecule is CC1(CNC(=O)c2cc(Br)cc(Br)c2)CCCC1. The lowest BCUT2D eigenvalue weighted by Crippen LogP contribution is -2.34. The third-order valence-corrected chi connectivity index (χ3v) is 4.53. The fourth-order valence-corrected chi connectivity index (χ4v) is 3.78. The summed E-state index contributed by atoms with van der Waals surface area (Å²) in [6.07, 6.45) is 5.01. The zero-order valence-electron chi connectivity index (χ0n) is 10.4. The van der Waals surface area contributed by atoms with Crippen LogP contribution < -0.4 is 5.32 Å². The van der Waals surface area contributed by atoms with Crippen LogP contribution in [-0.2, 0) is 0 Å². The predicted molar refractivity (Wildman–Crippen MR) is 80.8 cm³/mol. The van der Waals surface area contributed by atoms with Crippen molar-refractivity contribution in [1.82, 2.24) is 5.32 Å². The molecule has 0 radical (unpaired) electrons. The summed E-state index contributed by atoms with van der Waals surface area (Å²) in [6.45, 7) is 3.03. The van der Waals surface area contributed by atoms with E-state index in [1.807, 2.05) is 18.2 Å². The lowest BCUT2D eigenvalue weighted by molar-refractivity contribution is 0.0934. The number of hydrogen-bond donors (Lipinski definition) is 1. The maximum Gasteiger partial charge on any atom is 0.251 e. The minimum atomic E-state index is 0.00475. The second-order valence-electron chi connectivity index (χ2n) is 5.36. The third kappa shape index (κ3) is 3.58. The molecule has 1 saturated carbocycles. The van der Waals surface area contributed by atoms with Gasteiger partial charge in [0.15, 0.2) is 0 Å². The van der Waals surface area contributed by atoms with E-state index >= 15 is 0 Å². The lowest BCUT2D eigenvalue weighted by Gasteiger charge is -2.23. The first-order valence-electron chi connectivity index (χ1n) is 6.23. The minimum Gasteiger partial charge on any atom is -0.351 e. The Balaban J connectivity index is 1.99. The first-order valence-corrected chi connectivity index (χ1v) is 7.81. The molecule has 18 heavy (non-hydrogen) atoms. The van der Waals surface area contributed by atoms with E-state index < -0.39 is 0 Å². The van der Waals surface area contributed by atoms with Crippen LogP contribution in [0.25, 0.3) is 0 Å². The summed E-state index contributed by atoms with van der Waals surface area (Å²) in [4.78, 5) is 12.1. The van der Waals surface area contributed by atoms with Gasteiger partial charge < -0.3 is 5.32 Å². The Morgan fingerprint density at radius 3 is 2.33 bits per heavy atom. The molecule has 0 atom stereocenters. The lowest BCUT2D eigenvalue weighted by atomic mass is 9.89. The normalized spacial score (nSPS) is 17.7. The standard InChI is InChI=1S/C14H17Br2NO/c1-14(4-2-3-5-14)9-17-13(18)10-6-11(15)8-12(16)7-10/h6-8H,2-5,9H2,1H3,(H,17,18). The molecule has 1 aliphatic rings. The number of amides is 1. The van der Waals surface area contributed by atoms with Gasteiger partial charge in [0.1, 0.15) is 0 Å². The maximum atomic E-state index is 12.1. The van der Waals surface area contributed by atoms with Crippen LogP contribution in [0.4, 0.5) is 0 Å². The van der Waals surface area contributed by atoms with Crippen molar-refractivity contribution >= 4 is 37.8 Å². The van der Waals surface area contributed by atoms with E-state index in [0.29, 0.717) is 11.0 Å². The molecule has 0 unspecified atom stereocenters. The molecular weight excluding hydrogens is 358 g/mol. The summed E-state index contributed by atoms with van der Waals surface area (Å²) >= 11 is 6.80. The molecule has 4 heteroatoms. The molecule has 1 N–H and O–H groups in total. The zero-order chi connectivity index (χ0) is 13.2. The molecule has 1 aliphatic carbocycles. The largest absolute Gasteiger partial charge is 0.351 e. The smallest absolute Gasteiger partial charge is 0.251 e. The Labute approximate surface area is 125 Å². The van der Waals surface area contributed by atoms with E-state index in [1.54, 1.807) is 0 Å². The van der Waals surface area contributed by atoms with Gasteiger partial charge in [0.05, 0.1) is 0 Å². The van der Waals surface area contributed by atoms with Gasteiger partial charge in [0.25, 0.3) is 5.91 Å². The molecule has 1 aromatic rings. The van der Waals surface area contributed by atoms with Crippen LogP contribution in [0.3, 0.4) is 0 Å². The highest BCUT2D eigenvalue weighted by molar-refractivity contribution is 9.11. The Bertz CT molecular complexity index is 433. The highest BCUT2D eigenvalue weighted by Gasteiger charge is 2.28. The number of carbonyl (C=O) groups is 1. The molecule has 1 aromatic carbocycles. The van der Waals surface area contributed by atoms with Crippen LogP contribution in [0.5, 0.6) is 0 Å². The molecule has 0 bridgehead atoms. The van der Waals surface area contributed by atoms with Crippen LogP contribution in [0.15, 0.2) is 27.1 Å². The van der Waals surface area contributed by atoms with Crippen molar-refractivity contribution in [3.63, 3.8) is 0 Å². The minimum absolute atomic E-state index is 0.00475. The fourth-order valence-electron chi connectivity index (χ4n) is 2.49. The number of hydrogen-bond acceptors (Lipinski definition) is 1. The quantitative estimate of drug-likeness (QED) is 0.827. The molecule has 2 nitrogen and oxygen atoms in total. The maximum absolute atomic E-state index is 12.1. The van der Waals surface area contributed by atoms with Crippen molar-refractivity contribution < 1.29 is 4.79 Å². The molecule has 1 amide bonds. The van der Waals surface area contributed by atoms with Gasteiger partial charge >= 0.3 is 0 Å². The van der Waals surface area contributed by atoms with Gasteiger partial charge in [0, 0.05) is 21.1 Å². The van der Waals surface area contributed by atoms with Gasteiger partial charge in [-0.15, -0.1) is 0 Å². The van der Waals surface area contributed by atoms with E-state index in [4.69, 9.17) is 0 Å². The second kappa shape index (κ2) is 5.74. The van der Waals surface area contributed by atoms with Crippen LogP contribution >= 0.6 is 31.9 Å². The molecule has 1 fully saturated rings. The molecule has 98 valence electrons. The molecule has 0 spiro atoms. The number of rotatable bonds is 3. The fraction of sp³-hybridized carbons (Fsp3) is 0.500. The highest BCUT2D eigenvalue weighted by atomic mass is 79.9. The Hall–Kier alpha value is -0.350. The molecule has 0 saturated heterocycles. The Kier molecular flexibility index (Phi) is 4.49. The van der Waals surface area contributed by atoms with Crippen LogP contribution in [0, 0.1) is 5.41 Å². The summed E-state index contributed by atoms with van der Waals surface area (Å²) < 4.78 is 1.82. The first-order chi connectivity index (χ1) is 8.48. The van der Waals surface area contributed by atoms with Gasteiger partial charge in [-0.3, -0.25) is 4.79 Å². The first kappa shape index (κ1) is 14.1. The predicted octanol–water partition coefficient (Wildman–Crippen LogP) is 4.52. The van der Waals surface area contributed by atoms with Crippen molar-refractivity contribution in [3.8, 4) is 0 Å². The number of nitrogens with one attached hydrogen (secondary N) is 1. The van der Waals surface area contributed by atoms with Gasteiger partial charge in [-0.1, -0.05) is 51.6 Å². The zero-order valence-corrected chi connectivity index (χ0v) is 13.6. The van der Waals surface area contributed by atoms with Crippen molar-refractivity contribution in [1.29, 1.82) is 0 Å². The average Bonchev–Trinajstić information content (AvgIpc) is 2.72. The molecule has 0 heterocycles. The summed E-state index contributed by atoms with van der Waals surface area (Å²) in [5.74, 6) is 0.00475. The highest BCUT2D eigenvalue weighted by Crippen LogP contribution is 2.36. The Morgan fingerprint density at radius 2 is 1.78 bits per heavy atom. The summed E-state index contributed by atoms with van der Waals surface area (Å²) in [7, 11) is 0. The topological polar surface area (TPSA) is 29.1 Å². The van der Waals surface area contributed by atoms with E-state index in [2.05, 4.69) is 44.1 Å². The van der Waals surface area contributed by atoms with Crippen molar-refractivity contribution in [2.75, 3.05) is 6.54 Å². The number of benzene rings is 1. The van der Waals surface area contributed by atoms with Gasteiger partial charge in [-0.2, -0.15) is 0 Å². The van der Waals surface area contributed by atoms with Gasteiger partial charge in [0.2, 0.25) is 0 Å². The summed E-state index contributed by atoms with van der Waals surface area (Å²) in [5, 5.41) is 3.06.